The molecule has 1 aliphatic rings. The highest BCUT2D eigenvalue weighted by molar-refractivity contribution is 7.11. The first-order chi connectivity index (χ1) is 7.70. The summed E-state index contributed by atoms with van der Waals surface area (Å²) in [7, 11) is 0. The first kappa shape index (κ1) is 12.0. The normalized spacial score (nSPS) is 22.6. The third kappa shape index (κ3) is 2.60. The van der Waals surface area contributed by atoms with Crippen molar-refractivity contribution in [1.29, 1.82) is 0 Å². The van der Waals surface area contributed by atoms with Gasteiger partial charge in [0, 0.05) is 17.9 Å². The Morgan fingerprint density at radius 3 is 2.94 bits per heavy atom. The van der Waals surface area contributed by atoms with Gasteiger partial charge >= 0.3 is 0 Å². The first-order valence-electron chi connectivity index (χ1n) is 5.71. The van der Waals surface area contributed by atoms with Gasteiger partial charge in [0.1, 0.15) is 0 Å². The number of thiazole rings is 1. The predicted molar refractivity (Wildman–Crippen MR) is 65.4 cm³/mol. The molecule has 0 radical (unpaired) electrons. The molecule has 0 amide bonds. The van der Waals surface area contributed by atoms with E-state index in [4.69, 9.17) is 10.6 Å². The minimum atomic E-state index is 0.187. The lowest BCUT2D eigenvalue weighted by Crippen LogP contribution is -2.45. The van der Waals surface area contributed by atoms with Gasteiger partial charge in [0.2, 0.25) is 0 Å². The van der Waals surface area contributed by atoms with Crippen LogP contribution >= 0.6 is 11.3 Å². The number of nitrogens with zero attached hydrogens (tertiary/aromatic N) is 1. The minimum absolute atomic E-state index is 0.187. The lowest BCUT2D eigenvalue weighted by atomic mass is 10.1. The lowest BCUT2D eigenvalue weighted by molar-refractivity contribution is 0.0784. The fraction of sp³-hybridized carbons (Fsp3) is 0.727. The van der Waals surface area contributed by atoms with Gasteiger partial charge < -0.3 is 4.74 Å². The summed E-state index contributed by atoms with van der Waals surface area (Å²) in [6.45, 7) is 5.01. The summed E-state index contributed by atoms with van der Waals surface area (Å²) < 4.78 is 5.65. The molecule has 1 fully saturated rings. The molecule has 1 aliphatic heterocycles. The zero-order chi connectivity index (χ0) is 11.5. The Morgan fingerprint density at radius 2 is 2.44 bits per heavy atom. The van der Waals surface area contributed by atoms with Crippen LogP contribution in [0.5, 0.6) is 0 Å². The maximum Gasteiger partial charge on any atom is 0.0947 e. The van der Waals surface area contributed by atoms with E-state index in [0.717, 1.165) is 36.6 Å². The van der Waals surface area contributed by atoms with Gasteiger partial charge in [-0.25, -0.2) is 4.98 Å². The van der Waals surface area contributed by atoms with Gasteiger partial charge in [-0.1, -0.05) is 0 Å². The summed E-state index contributed by atoms with van der Waals surface area (Å²) in [5.41, 5.74) is 3.99. The molecule has 2 rings (SSSR count). The SMILES string of the molecule is Cc1nc(CC(NN)C2CCCO2)sc1C. The molecule has 5 heteroatoms. The van der Waals surface area contributed by atoms with Crippen LogP contribution in [0.1, 0.15) is 28.4 Å². The number of nitrogens with two attached hydrogens (primary N) is 1. The molecular weight excluding hydrogens is 222 g/mol. The Kier molecular flexibility index (Phi) is 3.91. The Balaban J connectivity index is 2.00. The summed E-state index contributed by atoms with van der Waals surface area (Å²) >= 11 is 1.75. The van der Waals surface area contributed by atoms with Crippen molar-refractivity contribution in [3.05, 3.63) is 15.6 Å². The van der Waals surface area contributed by atoms with Crippen LogP contribution in [-0.2, 0) is 11.2 Å². The van der Waals surface area contributed by atoms with E-state index in [1.54, 1.807) is 11.3 Å². The van der Waals surface area contributed by atoms with Gasteiger partial charge in [-0.3, -0.25) is 11.3 Å². The van der Waals surface area contributed by atoms with Crippen molar-refractivity contribution < 1.29 is 4.74 Å². The summed E-state index contributed by atoms with van der Waals surface area (Å²) in [5.74, 6) is 5.59. The largest absolute Gasteiger partial charge is 0.377 e. The van der Waals surface area contributed by atoms with Gasteiger partial charge in [-0.2, -0.15) is 0 Å². The molecule has 0 bridgehead atoms. The standard InChI is InChI=1S/C11H19N3OS/c1-7-8(2)16-11(13-7)6-9(14-12)10-4-3-5-15-10/h9-10,14H,3-6,12H2,1-2H3. The number of hydrogen-bond acceptors (Lipinski definition) is 5. The number of aryl methyl sites for hydroxylation is 2. The van der Waals surface area contributed by atoms with Crippen molar-refractivity contribution in [1.82, 2.24) is 10.4 Å². The molecule has 1 aromatic rings. The Morgan fingerprint density at radius 1 is 1.62 bits per heavy atom. The predicted octanol–water partition coefficient (Wildman–Crippen LogP) is 1.31. The summed E-state index contributed by atoms with van der Waals surface area (Å²) in [4.78, 5) is 5.83. The van der Waals surface area contributed by atoms with E-state index < -0.39 is 0 Å². The second kappa shape index (κ2) is 5.23. The highest BCUT2D eigenvalue weighted by Gasteiger charge is 2.26. The third-order valence-electron chi connectivity index (χ3n) is 3.10. The maximum absolute atomic E-state index is 5.65. The van der Waals surface area contributed by atoms with Crippen LogP contribution in [0, 0.1) is 13.8 Å². The Bertz CT molecular complexity index is 327. The topological polar surface area (TPSA) is 60.2 Å². The van der Waals surface area contributed by atoms with Crippen molar-refractivity contribution in [3.63, 3.8) is 0 Å². The number of aromatic nitrogens is 1. The molecule has 0 aliphatic carbocycles. The highest BCUT2D eigenvalue weighted by Crippen LogP contribution is 2.22. The number of rotatable bonds is 4. The van der Waals surface area contributed by atoms with E-state index in [-0.39, 0.29) is 12.1 Å². The fourth-order valence-corrected chi connectivity index (χ4v) is 3.02. The van der Waals surface area contributed by atoms with Crippen molar-refractivity contribution in [2.75, 3.05) is 6.61 Å². The second-order valence-electron chi connectivity index (χ2n) is 4.28. The average Bonchev–Trinajstić information content (AvgIpc) is 2.86. The molecule has 0 saturated carbocycles. The smallest absolute Gasteiger partial charge is 0.0947 e. The van der Waals surface area contributed by atoms with Crippen molar-refractivity contribution in [2.24, 2.45) is 5.84 Å². The van der Waals surface area contributed by atoms with Crippen LogP contribution in [0.3, 0.4) is 0 Å². The highest BCUT2D eigenvalue weighted by atomic mass is 32.1. The average molecular weight is 241 g/mol. The number of ether oxygens (including phenoxy) is 1. The van der Waals surface area contributed by atoms with E-state index >= 15 is 0 Å². The number of hydrogen-bond donors (Lipinski definition) is 2. The zero-order valence-electron chi connectivity index (χ0n) is 9.82. The molecule has 0 aromatic carbocycles. The molecule has 2 heterocycles. The minimum Gasteiger partial charge on any atom is -0.377 e. The molecule has 90 valence electrons. The van der Waals surface area contributed by atoms with Crippen molar-refractivity contribution in [2.45, 2.75) is 45.3 Å². The van der Waals surface area contributed by atoms with Crippen LogP contribution in [0.2, 0.25) is 0 Å². The van der Waals surface area contributed by atoms with E-state index in [9.17, 15) is 0 Å². The van der Waals surface area contributed by atoms with Crippen LogP contribution in [0.15, 0.2) is 0 Å². The Hall–Kier alpha value is -0.490. The van der Waals surface area contributed by atoms with Crippen molar-refractivity contribution >= 4 is 11.3 Å². The summed E-state index contributed by atoms with van der Waals surface area (Å²) in [6, 6.07) is 0.187. The van der Waals surface area contributed by atoms with Crippen LogP contribution in [0.4, 0.5) is 0 Å². The van der Waals surface area contributed by atoms with E-state index in [1.807, 2.05) is 6.92 Å². The van der Waals surface area contributed by atoms with Gasteiger partial charge in [-0.05, 0) is 26.7 Å². The van der Waals surface area contributed by atoms with Gasteiger partial charge in [-0.15, -0.1) is 11.3 Å². The molecule has 2 unspecified atom stereocenters. The molecular formula is C11H19N3OS. The third-order valence-corrected chi connectivity index (χ3v) is 4.19. The monoisotopic (exact) mass is 241 g/mol. The summed E-state index contributed by atoms with van der Waals surface area (Å²) in [5, 5.41) is 1.15. The fourth-order valence-electron chi connectivity index (χ4n) is 2.03. The molecule has 2 atom stereocenters. The van der Waals surface area contributed by atoms with Gasteiger partial charge in [0.25, 0.3) is 0 Å². The quantitative estimate of drug-likeness (QED) is 0.616. The molecule has 0 spiro atoms. The molecule has 16 heavy (non-hydrogen) atoms. The van der Waals surface area contributed by atoms with Crippen LogP contribution in [-0.4, -0.2) is 23.7 Å². The summed E-state index contributed by atoms with van der Waals surface area (Å²) in [6.07, 6.45) is 3.34. The zero-order valence-corrected chi connectivity index (χ0v) is 10.6. The number of nitrogens with one attached hydrogen (secondary N) is 1. The van der Waals surface area contributed by atoms with E-state index in [2.05, 4.69) is 17.3 Å². The number of hydrazine groups is 1. The second-order valence-corrected chi connectivity index (χ2v) is 5.57. The maximum atomic E-state index is 5.65. The Labute approximate surface area is 100 Å². The van der Waals surface area contributed by atoms with E-state index in [0.29, 0.717) is 0 Å². The first-order valence-corrected chi connectivity index (χ1v) is 6.53. The molecule has 1 aromatic heterocycles. The van der Waals surface area contributed by atoms with Crippen molar-refractivity contribution in [3.8, 4) is 0 Å². The molecule has 1 saturated heterocycles. The van der Waals surface area contributed by atoms with Crippen LogP contribution in [0.25, 0.3) is 0 Å². The van der Waals surface area contributed by atoms with Gasteiger partial charge in [0.15, 0.2) is 0 Å². The van der Waals surface area contributed by atoms with Crippen LogP contribution < -0.4 is 11.3 Å². The van der Waals surface area contributed by atoms with E-state index in [1.165, 1.54) is 4.88 Å². The molecule has 4 nitrogen and oxygen atoms in total. The van der Waals surface area contributed by atoms with Gasteiger partial charge in [0.05, 0.1) is 22.8 Å². The lowest BCUT2D eigenvalue weighted by Gasteiger charge is -2.20. The molecule has 3 N–H and O–H groups in total.